The van der Waals surface area contributed by atoms with Crippen LogP contribution < -0.4 is 0 Å². The lowest BCUT2D eigenvalue weighted by Crippen LogP contribution is -1.93. The molecule has 56 heavy (non-hydrogen) atoms. The molecule has 0 amide bonds. The van der Waals surface area contributed by atoms with Crippen LogP contribution in [-0.2, 0) is 0 Å². The van der Waals surface area contributed by atoms with Gasteiger partial charge in [-0.2, -0.15) is 0 Å². The summed E-state index contributed by atoms with van der Waals surface area (Å²) in [6.45, 7) is 0. The largest absolute Gasteiger partial charge is 0.309 e. The molecule has 0 bridgehead atoms. The Bertz CT molecular complexity index is 2990. The summed E-state index contributed by atoms with van der Waals surface area (Å²) in [6.07, 6.45) is 0. The predicted octanol–water partition coefficient (Wildman–Crippen LogP) is 14.5. The van der Waals surface area contributed by atoms with Gasteiger partial charge in [0.1, 0.15) is 0 Å². The summed E-state index contributed by atoms with van der Waals surface area (Å²) >= 11 is 0. The van der Waals surface area contributed by atoms with Crippen molar-refractivity contribution in [3.05, 3.63) is 218 Å². The maximum Gasteiger partial charge on any atom is 0.0547 e. The average molecular weight is 713 g/mol. The van der Waals surface area contributed by atoms with E-state index in [0.29, 0.717) is 0 Å². The number of benzene rings is 9. The normalized spacial score (nSPS) is 11.6. The van der Waals surface area contributed by atoms with Crippen LogP contribution in [0.3, 0.4) is 0 Å². The second-order valence-electron chi connectivity index (χ2n) is 14.6. The summed E-state index contributed by atoms with van der Waals surface area (Å²) < 4.78 is 4.81. The van der Waals surface area contributed by atoms with E-state index in [9.17, 15) is 0 Å². The molecule has 0 spiro atoms. The Kier molecular flexibility index (Phi) is 7.53. The van der Waals surface area contributed by atoms with E-state index in [1.165, 1.54) is 88.1 Å². The molecule has 9 aromatic carbocycles. The third kappa shape index (κ3) is 5.34. The molecule has 0 saturated carbocycles. The number of para-hydroxylation sites is 2. The molecular formula is C54H36N2. The first-order valence-corrected chi connectivity index (χ1v) is 19.3. The average Bonchev–Trinajstić information content (AvgIpc) is 3.79. The fraction of sp³-hybridized carbons (Fsp3) is 0. The first-order valence-electron chi connectivity index (χ1n) is 19.3. The van der Waals surface area contributed by atoms with Gasteiger partial charge in [-0.25, -0.2) is 0 Å². The number of aromatic nitrogens is 2. The first kappa shape index (κ1) is 32.0. The maximum absolute atomic E-state index is 2.40. The van der Waals surface area contributed by atoms with Crippen LogP contribution in [0.25, 0.3) is 99.5 Å². The second kappa shape index (κ2) is 13.2. The van der Waals surface area contributed by atoms with Crippen LogP contribution in [0.15, 0.2) is 218 Å². The van der Waals surface area contributed by atoms with Crippen LogP contribution in [0.2, 0.25) is 0 Å². The minimum Gasteiger partial charge on any atom is -0.309 e. The van der Waals surface area contributed by atoms with Crippen molar-refractivity contribution >= 4 is 43.6 Å². The molecule has 2 heterocycles. The molecule has 0 aliphatic rings. The molecular weight excluding hydrogens is 677 g/mol. The van der Waals surface area contributed by atoms with Crippen LogP contribution in [0.5, 0.6) is 0 Å². The molecule has 0 unspecified atom stereocenters. The van der Waals surface area contributed by atoms with E-state index < -0.39 is 0 Å². The molecule has 2 aromatic heterocycles. The number of rotatable bonds is 6. The molecule has 0 atom stereocenters. The third-order valence-electron chi connectivity index (χ3n) is 11.3. The zero-order valence-electron chi connectivity index (χ0n) is 30.7. The summed E-state index contributed by atoms with van der Waals surface area (Å²) in [4.78, 5) is 0. The molecule has 0 saturated heterocycles. The lowest BCUT2D eigenvalue weighted by atomic mass is 9.96. The fourth-order valence-electron chi connectivity index (χ4n) is 8.61. The molecule has 0 aliphatic carbocycles. The van der Waals surface area contributed by atoms with Gasteiger partial charge in [-0.1, -0.05) is 152 Å². The molecule has 2 nitrogen and oxygen atoms in total. The van der Waals surface area contributed by atoms with Gasteiger partial charge in [0.15, 0.2) is 0 Å². The quantitative estimate of drug-likeness (QED) is 0.162. The Labute approximate surface area is 325 Å². The van der Waals surface area contributed by atoms with Gasteiger partial charge in [0.25, 0.3) is 0 Å². The van der Waals surface area contributed by atoms with Gasteiger partial charge >= 0.3 is 0 Å². The van der Waals surface area contributed by atoms with E-state index in [2.05, 4.69) is 228 Å². The summed E-state index contributed by atoms with van der Waals surface area (Å²) in [5.74, 6) is 0. The standard InChI is InChI=1S/C54H36N2/c1-5-14-37(15-6-1)43-24-28-47-49-33-41(26-30-51(49)55(53(47)35-43)45-20-9-3-10-21-45)39-18-13-19-40(32-39)42-27-31-52-50(34-42)48-29-25-44(38-16-7-2-8-17-38)36-54(48)56(52)46-22-11-4-12-23-46/h1-36H. The molecule has 262 valence electrons. The number of fused-ring (bicyclic) bond motifs is 6. The van der Waals surface area contributed by atoms with Crippen LogP contribution in [0, 0.1) is 0 Å². The Balaban J connectivity index is 1.04. The highest BCUT2D eigenvalue weighted by molar-refractivity contribution is 6.13. The van der Waals surface area contributed by atoms with Crippen LogP contribution in [0.1, 0.15) is 0 Å². The SMILES string of the molecule is c1ccc(-c2ccc3c4cc(-c5cccc(-c6ccc7c(c6)c6ccc(-c8ccccc8)cc6n7-c6ccccc6)c5)ccc4n(-c4ccccc4)c3c2)cc1. The number of hydrogen-bond acceptors (Lipinski definition) is 0. The van der Waals surface area contributed by atoms with Crippen molar-refractivity contribution in [3.63, 3.8) is 0 Å². The van der Waals surface area contributed by atoms with Gasteiger partial charge in [-0.15, -0.1) is 0 Å². The molecule has 2 heteroatoms. The zero-order valence-corrected chi connectivity index (χ0v) is 30.7. The summed E-state index contributed by atoms with van der Waals surface area (Å²) in [5.41, 5.74) is 16.8. The molecule has 0 N–H and O–H groups in total. The van der Waals surface area contributed by atoms with Crippen molar-refractivity contribution in [1.29, 1.82) is 0 Å². The predicted molar refractivity (Wildman–Crippen MR) is 237 cm³/mol. The molecule has 0 radical (unpaired) electrons. The minimum absolute atomic E-state index is 1.16. The van der Waals surface area contributed by atoms with Crippen molar-refractivity contribution in [2.45, 2.75) is 0 Å². The van der Waals surface area contributed by atoms with Gasteiger partial charge in [-0.3, -0.25) is 0 Å². The monoisotopic (exact) mass is 712 g/mol. The van der Waals surface area contributed by atoms with E-state index in [0.717, 1.165) is 11.4 Å². The van der Waals surface area contributed by atoms with Gasteiger partial charge in [0.2, 0.25) is 0 Å². The van der Waals surface area contributed by atoms with Crippen LogP contribution >= 0.6 is 0 Å². The van der Waals surface area contributed by atoms with Crippen LogP contribution in [-0.4, -0.2) is 9.13 Å². The van der Waals surface area contributed by atoms with E-state index in [4.69, 9.17) is 0 Å². The lowest BCUT2D eigenvalue weighted by molar-refractivity contribution is 1.18. The highest BCUT2D eigenvalue weighted by Gasteiger charge is 2.17. The summed E-state index contributed by atoms with van der Waals surface area (Å²) in [6, 6.07) is 79.4. The molecule has 11 aromatic rings. The van der Waals surface area contributed by atoms with Crippen molar-refractivity contribution < 1.29 is 0 Å². The fourth-order valence-corrected chi connectivity index (χ4v) is 8.61. The number of nitrogens with zero attached hydrogens (tertiary/aromatic N) is 2. The topological polar surface area (TPSA) is 9.86 Å². The molecule has 0 fully saturated rings. The first-order chi connectivity index (χ1) is 27.8. The summed E-state index contributed by atoms with van der Waals surface area (Å²) in [5, 5.41) is 4.99. The summed E-state index contributed by atoms with van der Waals surface area (Å²) in [7, 11) is 0. The Hall–Kier alpha value is -7.42. The molecule has 0 aliphatic heterocycles. The van der Waals surface area contributed by atoms with Gasteiger partial charge in [0.05, 0.1) is 22.1 Å². The van der Waals surface area contributed by atoms with Crippen molar-refractivity contribution in [2.75, 3.05) is 0 Å². The van der Waals surface area contributed by atoms with Crippen molar-refractivity contribution in [1.82, 2.24) is 9.13 Å². The number of hydrogen-bond donors (Lipinski definition) is 0. The van der Waals surface area contributed by atoms with Crippen LogP contribution in [0.4, 0.5) is 0 Å². The zero-order chi connectivity index (χ0) is 37.0. The highest BCUT2D eigenvalue weighted by Crippen LogP contribution is 2.40. The van der Waals surface area contributed by atoms with Gasteiger partial charge in [-0.05, 0) is 111 Å². The maximum atomic E-state index is 2.40. The lowest BCUT2D eigenvalue weighted by Gasteiger charge is -2.10. The van der Waals surface area contributed by atoms with E-state index in [1.807, 2.05) is 0 Å². The van der Waals surface area contributed by atoms with Gasteiger partial charge in [0, 0.05) is 32.9 Å². The Morgan fingerprint density at radius 3 is 0.964 bits per heavy atom. The second-order valence-corrected chi connectivity index (χ2v) is 14.6. The minimum atomic E-state index is 1.16. The highest BCUT2D eigenvalue weighted by atomic mass is 15.0. The van der Waals surface area contributed by atoms with E-state index in [-0.39, 0.29) is 0 Å². The van der Waals surface area contributed by atoms with Crippen molar-refractivity contribution in [2.24, 2.45) is 0 Å². The van der Waals surface area contributed by atoms with E-state index >= 15 is 0 Å². The van der Waals surface area contributed by atoms with Gasteiger partial charge < -0.3 is 9.13 Å². The Morgan fingerprint density at radius 2 is 0.536 bits per heavy atom. The smallest absolute Gasteiger partial charge is 0.0547 e. The van der Waals surface area contributed by atoms with Crippen molar-refractivity contribution in [3.8, 4) is 55.9 Å². The third-order valence-corrected chi connectivity index (χ3v) is 11.3. The van der Waals surface area contributed by atoms with E-state index in [1.54, 1.807) is 0 Å². The molecule has 11 rings (SSSR count). The Morgan fingerprint density at radius 1 is 0.196 bits per heavy atom.